The van der Waals surface area contributed by atoms with Crippen LogP contribution in [0.4, 0.5) is 13.2 Å². The fraction of sp³-hybridized carbons (Fsp3) is 0.550. The van der Waals surface area contributed by atoms with Gasteiger partial charge in [-0.3, -0.25) is 14.7 Å². The highest BCUT2D eigenvalue weighted by molar-refractivity contribution is 5.88. The molecule has 158 valence electrons. The number of fused-ring (bicyclic) bond motifs is 3. The number of H-pyrrole nitrogens is 1. The maximum atomic E-state index is 13.2. The summed E-state index contributed by atoms with van der Waals surface area (Å²) >= 11 is 0. The highest BCUT2D eigenvalue weighted by atomic mass is 19.4. The summed E-state index contributed by atoms with van der Waals surface area (Å²) in [7, 11) is 1.20. The van der Waals surface area contributed by atoms with Crippen molar-refractivity contribution in [1.29, 1.82) is 0 Å². The van der Waals surface area contributed by atoms with Gasteiger partial charge in [0.05, 0.1) is 25.2 Å². The molecule has 0 fully saturated rings. The number of methoxy groups -OCH3 is 1. The van der Waals surface area contributed by atoms with E-state index in [1.165, 1.54) is 7.11 Å². The van der Waals surface area contributed by atoms with Crippen molar-refractivity contribution < 1.29 is 27.5 Å². The lowest BCUT2D eigenvalue weighted by Gasteiger charge is -2.32. The number of esters is 1. The van der Waals surface area contributed by atoms with Gasteiger partial charge in [-0.25, -0.2) is 0 Å². The first kappa shape index (κ1) is 21.1. The van der Waals surface area contributed by atoms with E-state index in [9.17, 15) is 22.8 Å². The van der Waals surface area contributed by atoms with Crippen LogP contribution in [0.2, 0.25) is 0 Å². The van der Waals surface area contributed by atoms with Crippen LogP contribution in [-0.4, -0.2) is 46.8 Å². The molecule has 2 aromatic rings. The highest BCUT2D eigenvalue weighted by Crippen LogP contribution is 2.34. The number of rotatable bonds is 4. The summed E-state index contributed by atoms with van der Waals surface area (Å²) in [4.78, 5) is 25.4. The highest BCUT2D eigenvalue weighted by Gasteiger charge is 2.38. The van der Waals surface area contributed by atoms with Gasteiger partial charge in [0.15, 0.2) is 0 Å². The Morgan fingerprint density at radius 1 is 1.41 bits per heavy atom. The average molecular weight is 411 g/mol. The molecule has 2 heterocycles. The second kappa shape index (κ2) is 8.04. The Morgan fingerprint density at radius 2 is 2.14 bits per heavy atom. The van der Waals surface area contributed by atoms with Gasteiger partial charge in [0.2, 0.25) is 5.91 Å². The van der Waals surface area contributed by atoms with Crippen LogP contribution in [0.3, 0.4) is 0 Å². The second-order valence-electron chi connectivity index (χ2n) is 7.74. The predicted molar refractivity (Wildman–Crippen MR) is 100 cm³/mol. The second-order valence-corrected chi connectivity index (χ2v) is 7.74. The molecule has 3 rings (SSSR count). The molecule has 29 heavy (non-hydrogen) atoms. The van der Waals surface area contributed by atoms with Crippen molar-refractivity contribution in [2.45, 2.75) is 51.7 Å². The minimum atomic E-state index is -4.54. The normalized spacial score (nSPS) is 18.0. The zero-order valence-corrected chi connectivity index (χ0v) is 16.6. The number of hydrogen-bond donors (Lipinski definition) is 1. The summed E-state index contributed by atoms with van der Waals surface area (Å²) in [6.45, 7) is 2.52. The first-order valence-corrected chi connectivity index (χ1v) is 9.50. The molecule has 0 spiro atoms. The van der Waals surface area contributed by atoms with E-state index in [0.29, 0.717) is 12.0 Å². The van der Waals surface area contributed by atoms with E-state index < -0.39 is 30.5 Å². The smallest absolute Gasteiger partial charge is 0.406 e. The van der Waals surface area contributed by atoms with E-state index in [2.05, 4.69) is 14.9 Å². The fourth-order valence-corrected chi connectivity index (χ4v) is 3.92. The van der Waals surface area contributed by atoms with E-state index in [1.54, 1.807) is 6.20 Å². The number of aromatic nitrogens is 2. The van der Waals surface area contributed by atoms with Crippen molar-refractivity contribution in [1.82, 2.24) is 15.1 Å². The van der Waals surface area contributed by atoms with E-state index in [0.717, 1.165) is 26.9 Å². The third kappa shape index (κ3) is 4.54. The minimum absolute atomic E-state index is 0.181. The molecule has 0 saturated heterocycles. The Bertz CT molecular complexity index is 921. The number of nitrogens with zero attached hydrogens (tertiary/aromatic N) is 2. The van der Waals surface area contributed by atoms with Crippen LogP contribution >= 0.6 is 0 Å². The molecule has 0 bridgehead atoms. The van der Waals surface area contributed by atoms with Gasteiger partial charge in [-0.1, -0.05) is 19.9 Å². The Morgan fingerprint density at radius 3 is 2.76 bits per heavy atom. The van der Waals surface area contributed by atoms with Gasteiger partial charge < -0.3 is 9.64 Å². The van der Waals surface area contributed by atoms with Crippen LogP contribution in [0.5, 0.6) is 0 Å². The zero-order chi connectivity index (χ0) is 21.3. The lowest BCUT2D eigenvalue weighted by atomic mass is 9.86. The van der Waals surface area contributed by atoms with Gasteiger partial charge in [-0.2, -0.15) is 18.3 Å². The molecule has 1 N–H and O–H groups in total. The van der Waals surface area contributed by atoms with Crippen molar-refractivity contribution in [2.75, 3.05) is 13.7 Å². The number of ether oxygens (including phenoxy) is 1. The molecule has 0 aliphatic carbocycles. The fourth-order valence-electron chi connectivity index (χ4n) is 3.92. The molecule has 9 heteroatoms. The number of halogens is 3. The first-order valence-electron chi connectivity index (χ1n) is 9.50. The van der Waals surface area contributed by atoms with Crippen LogP contribution in [0, 0.1) is 5.92 Å². The van der Waals surface area contributed by atoms with Gasteiger partial charge in [0.1, 0.15) is 6.54 Å². The maximum absolute atomic E-state index is 13.2. The Labute approximate surface area is 166 Å². The summed E-state index contributed by atoms with van der Waals surface area (Å²) in [6.07, 6.45) is -2.41. The number of aryl methyl sites for hydroxylation is 1. The van der Waals surface area contributed by atoms with E-state index in [4.69, 9.17) is 0 Å². The topological polar surface area (TPSA) is 75.3 Å². The number of alkyl halides is 3. The number of aromatic amines is 1. The largest absolute Gasteiger partial charge is 0.469 e. The van der Waals surface area contributed by atoms with Crippen molar-refractivity contribution in [3.63, 3.8) is 0 Å². The standard InChI is InChI=1S/C20H24F3N3O3/c1-11(2)14-6-12-4-5-13(7-17(27)29-3)19(28)26(10-20(21,22)23)9-16(12)15-8-24-25-18(14)15/h6,8,11,13H,4-5,7,9-10H2,1-3H3,(H,24,25)/t13-/m0/s1. The molecule has 0 unspecified atom stereocenters. The van der Waals surface area contributed by atoms with Gasteiger partial charge in [0, 0.05) is 17.8 Å². The zero-order valence-electron chi connectivity index (χ0n) is 16.6. The molecule has 1 aliphatic rings. The molecular weight excluding hydrogens is 387 g/mol. The van der Waals surface area contributed by atoms with Crippen LogP contribution in [0.15, 0.2) is 12.3 Å². The average Bonchev–Trinajstić information content (AvgIpc) is 3.11. The van der Waals surface area contributed by atoms with Crippen molar-refractivity contribution >= 4 is 22.8 Å². The van der Waals surface area contributed by atoms with Crippen molar-refractivity contribution in [2.24, 2.45) is 5.92 Å². The monoisotopic (exact) mass is 411 g/mol. The molecule has 1 atom stereocenters. The number of amides is 1. The van der Waals surface area contributed by atoms with E-state index in [1.807, 2.05) is 19.9 Å². The van der Waals surface area contributed by atoms with Gasteiger partial charge in [-0.05, 0) is 35.4 Å². The van der Waals surface area contributed by atoms with Gasteiger partial charge in [0.25, 0.3) is 0 Å². The van der Waals surface area contributed by atoms with E-state index in [-0.39, 0.29) is 25.3 Å². The minimum Gasteiger partial charge on any atom is -0.469 e. The first-order chi connectivity index (χ1) is 13.6. The Balaban J connectivity index is 2.09. The van der Waals surface area contributed by atoms with E-state index >= 15 is 0 Å². The van der Waals surface area contributed by atoms with Crippen LogP contribution < -0.4 is 0 Å². The molecular formula is C20H24F3N3O3. The SMILES string of the molecule is COC(=O)C[C@@H]1CCc2cc(C(C)C)c3[nH]ncc3c2CN(CC(F)(F)F)C1=O. The molecule has 1 aromatic carbocycles. The van der Waals surface area contributed by atoms with Crippen LogP contribution in [0.1, 0.15) is 49.3 Å². The van der Waals surface area contributed by atoms with Crippen molar-refractivity contribution in [3.05, 3.63) is 29.0 Å². The predicted octanol–water partition coefficient (Wildman–Crippen LogP) is 3.70. The quantitative estimate of drug-likeness (QED) is 0.779. The summed E-state index contributed by atoms with van der Waals surface area (Å²) in [5.41, 5.74) is 3.37. The number of benzene rings is 1. The Kier molecular flexibility index (Phi) is 5.86. The molecule has 1 aliphatic heterocycles. The van der Waals surface area contributed by atoms with Gasteiger partial charge >= 0.3 is 12.1 Å². The summed E-state index contributed by atoms with van der Waals surface area (Å²) in [5, 5.41) is 7.75. The molecule has 1 aromatic heterocycles. The summed E-state index contributed by atoms with van der Waals surface area (Å²) in [5.74, 6) is -1.94. The number of carbonyl (C=O) groups excluding carboxylic acids is 2. The summed E-state index contributed by atoms with van der Waals surface area (Å²) < 4.78 is 44.2. The number of carbonyl (C=O) groups is 2. The third-order valence-corrected chi connectivity index (χ3v) is 5.38. The summed E-state index contributed by atoms with van der Waals surface area (Å²) in [6, 6.07) is 1.98. The van der Waals surface area contributed by atoms with Gasteiger partial charge in [-0.15, -0.1) is 0 Å². The lowest BCUT2D eigenvalue weighted by molar-refractivity contribution is -0.166. The number of hydrogen-bond acceptors (Lipinski definition) is 4. The van der Waals surface area contributed by atoms with Crippen LogP contribution in [0.25, 0.3) is 10.9 Å². The number of nitrogens with one attached hydrogen (secondary N) is 1. The molecule has 6 nitrogen and oxygen atoms in total. The third-order valence-electron chi connectivity index (χ3n) is 5.38. The molecule has 0 saturated carbocycles. The molecule has 0 radical (unpaired) electrons. The van der Waals surface area contributed by atoms with Crippen molar-refractivity contribution in [3.8, 4) is 0 Å². The molecule has 1 amide bonds. The maximum Gasteiger partial charge on any atom is 0.406 e. The van der Waals surface area contributed by atoms with Crippen LogP contribution in [-0.2, 0) is 27.3 Å². The lowest BCUT2D eigenvalue weighted by Crippen LogP contribution is -2.43. The Hall–Kier alpha value is -2.58.